The number of nitrogens with zero attached hydrogens (tertiary/aromatic N) is 2. The highest BCUT2D eigenvalue weighted by Crippen LogP contribution is 2.18. The number of hydrogen-bond donors (Lipinski definition) is 3. The minimum Gasteiger partial charge on any atom is -0.368 e. The maximum absolute atomic E-state index is 11.7. The van der Waals surface area contributed by atoms with Gasteiger partial charge in [0.2, 0.25) is 5.91 Å². The maximum atomic E-state index is 11.7. The van der Waals surface area contributed by atoms with Gasteiger partial charge in [-0.2, -0.15) is 0 Å². The van der Waals surface area contributed by atoms with Gasteiger partial charge in [0, 0.05) is 30.1 Å². The molecule has 0 aliphatic rings. The Morgan fingerprint density at radius 2 is 1.88 bits per heavy atom. The van der Waals surface area contributed by atoms with E-state index in [1.54, 1.807) is 6.07 Å². The number of carbonyl (C=O) groups is 1. The second-order valence-corrected chi connectivity index (χ2v) is 6.49. The molecule has 0 atom stereocenters. The molecule has 3 aromatic rings. The van der Waals surface area contributed by atoms with Crippen molar-refractivity contribution in [2.75, 3.05) is 17.2 Å². The molecule has 0 saturated carbocycles. The highest BCUT2D eigenvalue weighted by molar-refractivity contribution is 5.89. The van der Waals surface area contributed by atoms with Crippen LogP contribution >= 0.6 is 0 Å². The van der Waals surface area contributed by atoms with Crippen molar-refractivity contribution in [2.45, 2.75) is 26.7 Å². The molecule has 0 aliphatic heterocycles. The smallest absolute Gasteiger partial charge is 0.225 e. The molecule has 2 heterocycles. The molecule has 1 amide bonds. The fourth-order valence-corrected chi connectivity index (χ4v) is 2.72. The van der Waals surface area contributed by atoms with E-state index in [0.29, 0.717) is 24.0 Å². The van der Waals surface area contributed by atoms with Gasteiger partial charge in [-0.05, 0) is 36.1 Å². The number of fused-ring (bicyclic) bond motifs is 1. The number of rotatable bonds is 7. The Morgan fingerprint density at radius 1 is 1.12 bits per heavy atom. The number of benzene rings is 1. The van der Waals surface area contributed by atoms with Crippen LogP contribution in [0.1, 0.15) is 25.8 Å². The van der Waals surface area contributed by atoms with Gasteiger partial charge in [-0.25, -0.2) is 0 Å². The van der Waals surface area contributed by atoms with Crippen LogP contribution in [0.15, 0.2) is 42.6 Å². The van der Waals surface area contributed by atoms with Gasteiger partial charge < -0.3 is 15.6 Å². The molecule has 0 saturated heterocycles. The largest absolute Gasteiger partial charge is 0.368 e. The van der Waals surface area contributed by atoms with E-state index in [1.807, 2.05) is 38.2 Å². The number of aromatic nitrogens is 3. The van der Waals surface area contributed by atoms with Crippen LogP contribution in [0.4, 0.5) is 11.6 Å². The second-order valence-electron chi connectivity index (χ2n) is 6.49. The predicted molar refractivity (Wildman–Crippen MR) is 101 cm³/mol. The Kier molecular flexibility index (Phi) is 5.28. The van der Waals surface area contributed by atoms with Gasteiger partial charge in [0.1, 0.15) is 5.82 Å². The van der Waals surface area contributed by atoms with Crippen LogP contribution in [0.25, 0.3) is 10.9 Å². The lowest BCUT2D eigenvalue weighted by molar-refractivity contribution is -0.116. The van der Waals surface area contributed by atoms with Gasteiger partial charge in [0.25, 0.3) is 0 Å². The van der Waals surface area contributed by atoms with Crippen molar-refractivity contribution in [3.05, 3.63) is 48.2 Å². The van der Waals surface area contributed by atoms with E-state index in [-0.39, 0.29) is 5.91 Å². The van der Waals surface area contributed by atoms with Crippen LogP contribution in [0.3, 0.4) is 0 Å². The monoisotopic (exact) mass is 337 g/mol. The number of anilines is 2. The number of nitrogens with one attached hydrogen (secondary N) is 3. The Hall–Kier alpha value is -2.89. The third-order valence-electron chi connectivity index (χ3n) is 3.90. The van der Waals surface area contributed by atoms with Crippen LogP contribution in [-0.4, -0.2) is 27.6 Å². The molecule has 0 unspecified atom stereocenters. The average molecular weight is 337 g/mol. The van der Waals surface area contributed by atoms with Crippen LogP contribution in [-0.2, 0) is 11.2 Å². The summed E-state index contributed by atoms with van der Waals surface area (Å²) in [7, 11) is 0. The van der Waals surface area contributed by atoms with Crippen molar-refractivity contribution < 1.29 is 4.79 Å². The molecule has 2 aromatic heterocycles. The molecule has 1 aromatic carbocycles. The average Bonchev–Trinajstić information content (AvgIpc) is 2.99. The fraction of sp³-hybridized carbons (Fsp3) is 0.316. The summed E-state index contributed by atoms with van der Waals surface area (Å²) in [6, 6.07) is 11.9. The van der Waals surface area contributed by atoms with E-state index < -0.39 is 0 Å². The third-order valence-corrected chi connectivity index (χ3v) is 3.90. The lowest BCUT2D eigenvalue weighted by Crippen LogP contribution is -2.15. The zero-order chi connectivity index (χ0) is 17.6. The normalized spacial score (nSPS) is 11.0. The molecule has 0 bridgehead atoms. The summed E-state index contributed by atoms with van der Waals surface area (Å²) in [5.74, 6) is 1.46. The number of hydrogen-bond acceptors (Lipinski definition) is 4. The maximum Gasteiger partial charge on any atom is 0.225 e. The zero-order valence-electron chi connectivity index (χ0n) is 14.5. The van der Waals surface area contributed by atoms with Crippen LogP contribution in [0.2, 0.25) is 0 Å². The van der Waals surface area contributed by atoms with E-state index in [2.05, 4.69) is 37.9 Å². The number of H-pyrrole nitrogens is 1. The summed E-state index contributed by atoms with van der Waals surface area (Å²) in [4.78, 5) is 15.0. The first kappa shape index (κ1) is 17.0. The van der Waals surface area contributed by atoms with Crippen LogP contribution < -0.4 is 10.6 Å². The Morgan fingerprint density at radius 3 is 2.64 bits per heavy atom. The Balaban J connectivity index is 1.51. The van der Waals surface area contributed by atoms with Crippen molar-refractivity contribution >= 4 is 28.4 Å². The molecule has 6 nitrogen and oxygen atoms in total. The highest BCUT2D eigenvalue weighted by atomic mass is 16.1. The molecule has 3 rings (SSSR count). The quantitative estimate of drug-likeness (QED) is 0.615. The summed E-state index contributed by atoms with van der Waals surface area (Å²) in [6.07, 6.45) is 3.41. The summed E-state index contributed by atoms with van der Waals surface area (Å²) in [5, 5.41) is 15.4. The lowest BCUT2D eigenvalue weighted by atomic mass is 10.1. The Labute approximate surface area is 147 Å². The molecule has 130 valence electrons. The summed E-state index contributed by atoms with van der Waals surface area (Å²) in [5.41, 5.74) is 2.42. The minimum absolute atomic E-state index is 0.0376. The standard InChI is InChI=1S/C19H23N5O/c1-13(2)11-19(25)22-18-8-7-17(23-24-18)20-10-9-14-12-21-16-6-4-3-5-15(14)16/h3-8,12-13,21H,9-11H2,1-2H3,(H,20,23)(H,22,24,25). The molecule has 3 N–H and O–H groups in total. The van der Waals surface area contributed by atoms with Gasteiger partial charge in [-0.1, -0.05) is 32.0 Å². The first-order valence-electron chi connectivity index (χ1n) is 8.54. The minimum atomic E-state index is -0.0376. The number of aromatic amines is 1. The number of carbonyl (C=O) groups excluding carboxylic acids is 1. The first-order valence-corrected chi connectivity index (χ1v) is 8.54. The molecule has 0 aliphatic carbocycles. The van der Waals surface area contributed by atoms with Gasteiger partial charge in [0.05, 0.1) is 0 Å². The SMILES string of the molecule is CC(C)CC(=O)Nc1ccc(NCCc2c[nH]c3ccccc23)nn1. The van der Waals surface area contributed by atoms with E-state index in [1.165, 1.54) is 10.9 Å². The van der Waals surface area contributed by atoms with E-state index >= 15 is 0 Å². The van der Waals surface area contributed by atoms with Crippen molar-refractivity contribution in [3.8, 4) is 0 Å². The predicted octanol–water partition coefficient (Wildman–Crippen LogP) is 3.60. The topological polar surface area (TPSA) is 82.7 Å². The highest BCUT2D eigenvalue weighted by Gasteiger charge is 2.07. The number of amides is 1. The van der Waals surface area contributed by atoms with E-state index in [4.69, 9.17) is 0 Å². The van der Waals surface area contributed by atoms with Crippen molar-refractivity contribution in [2.24, 2.45) is 5.92 Å². The molecule has 0 fully saturated rings. The van der Waals surface area contributed by atoms with Gasteiger partial charge in [0.15, 0.2) is 5.82 Å². The summed E-state index contributed by atoms with van der Waals surface area (Å²) in [6.45, 7) is 4.77. The molecule has 25 heavy (non-hydrogen) atoms. The second kappa shape index (κ2) is 7.79. The molecule has 0 spiro atoms. The van der Waals surface area contributed by atoms with Crippen LogP contribution in [0.5, 0.6) is 0 Å². The summed E-state index contributed by atoms with van der Waals surface area (Å²) < 4.78 is 0. The lowest BCUT2D eigenvalue weighted by Gasteiger charge is -2.07. The van der Waals surface area contributed by atoms with Gasteiger partial charge in [-0.3, -0.25) is 4.79 Å². The van der Waals surface area contributed by atoms with Crippen molar-refractivity contribution in [1.29, 1.82) is 0 Å². The molecular weight excluding hydrogens is 314 g/mol. The van der Waals surface area contributed by atoms with E-state index in [9.17, 15) is 4.79 Å². The molecule has 6 heteroatoms. The molecular formula is C19H23N5O. The van der Waals surface area contributed by atoms with Gasteiger partial charge in [-0.15, -0.1) is 10.2 Å². The zero-order valence-corrected chi connectivity index (χ0v) is 14.5. The first-order chi connectivity index (χ1) is 12.1. The fourth-order valence-electron chi connectivity index (χ4n) is 2.72. The van der Waals surface area contributed by atoms with E-state index in [0.717, 1.165) is 18.5 Å². The Bertz CT molecular complexity index is 838. The van der Waals surface area contributed by atoms with Crippen LogP contribution in [0, 0.1) is 5.92 Å². The van der Waals surface area contributed by atoms with Crippen molar-refractivity contribution in [1.82, 2.24) is 15.2 Å². The third kappa shape index (κ3) is 4.56. The number of para-hydroxylation sites is 1. The molecule has 0 radical (unpaired) electrons. The summed E-state index contributed by atoms with van der Waals surface area (Å²) >= 11 is 0. The van der Waals surface area contributed by atoms with Crippen molar-refractivity contribution in [3.63, 3.8) is 0 Å². The van der Waals surface area contributed by atoms with Gasteiger partial charge >= 0.3 is 0 Å².